The van der Waals surface area contributed by atoms with Gasteiger partial charge >= 0.3 is 0 Å². The minimum atomic E-state index is -0.530. The van der Waals surface area contributed by atoms with Crippen molar-refractivity contribution < 1.29 is 18.6 Å². The zero-order chi connectivity index (χ0) is 25.1. The van der Waals surface area contributed by atoms with Gasteiger partial charge in [0.15, 0.2) is 11.5 Å². The summed E-state index contributed by atoms with van der Waals surface area (Å²) in [5, 5.41) is 17.4. The monoisotopic (exact) mass is 482 g/mol. The number of nitrogens with zero attached hydrogens (tertiary/aromatic N) is 2. The number of halogens is 1. The Hall–Kier alpha value is -4.77. The summed E-state index contributed by atoms with van der Waals surface area (Å²) >= 11 is 0. The van der Waals surface area contributed by atoms with Gasteiger partial charge in [0, 0.05) is 0 Å². The highest BCUT2D eigenvalue weighted by Crippen LogP contribution is 2.47. The van der Waals surface area contributed by atoms with E-state index in [0.29, 0.717) is 24.0 Å². The predicted octanol–water partition coefficient (Wildman–Crippen LogP) is 5.41. The second-order valence-corrected chi connectivity index (χ2v) is 8.16. The Morgan fingerprint density at radius 3 is 2.56 bits per heavy atom. The third kappa shape index (κ3) is 4.34. The molecule has 1 aliphatic rings. The van der Waals surface area contributed by atoms with Crippen molar-refractivity contribution in [2.75, 3.05) is 6.61 Å². The molecule has 0 saturated heterocycles. The van der Waals surface area contributed by atoms with Crippen LogP contribution in [0.4, 0.5) is 4.39 Å². The average Bonchev–Trinajstić information content (AvgIpc) is 3.32. The Bertz CT molecular complexity index is 1460. The van der Waals surface area contributed by atoms with Crippen LogP contribution in [0.1, 0.15) is 29.5 Å². The first-order valence-electron chi connectivity index (χ1n) is 11.4. The number of hydrogen-bond acceptors (Lipinski definition) is 6. The molecule has 180 valence electrons. The Morgan fingerprint density at radius 1 is 1.06 bits per heavy atom. The fraction of sp³-hybridized carbons (Fsp3) is 0.143. The molecule has 2 heterocycles. The number of nitrogens with one attached hydrogen (secondary N) is 1. The van der Waals surface area contributed by atoms with Crippen molar-refractivity contribution in [3.8, 4) is 34.7 Å². The van der Waals surface area contributed by atoms with Gasteiger partial charge in [-0.15, -0.1) is 5.10 Å². The van der Waals surface area contributed by atoms with E-state index < -0.39 is 5.92 Å². The Morgan fingerprint density at radius 2 is 1.83 bits per heavy atom. The van der Waals surface area contributed by atoms with E-state index in [-0.39, 0.29) is 23.9 Å². The van der Waals surface area contributed by atoms with Crippen molar-refractivity contribution in [2.24, 2.45) is 5.73 Å². The highest BCUT2D eigenvalue weighted by Gasteiger charge is 2.36. The molecule has 1 atom stereocenters. The van der Waals surface area contributed by atoms with Crippen LogP contribution in [-0.4, -0.2) is 16.8 Å². The Kier molecular flexibility index (Phi) is 6.29. The molecule has 5 rings (SSSR count). The summed E-state index contributed by atoms with van der Waals surface area (Å²) in [5.41, 5.74) is 10.4. The van der Waals surface area contributed by atoms with E-state index in [1.165, 1.54) is 12.1 Å². The van der Waals surface area contributed by atoms with E-state index in [4.69, 9.17) is 19.9 Å². The van der Waals surface area contributed by atoms with Crippen molar-refractivity contribution in [1.29, 1.82) is 5.26 Å². The van der Waals surface area contributed by atoms with E-state index in [0.717, 1.165) is 27.9 Å². The van der Waals surface area contributed by atoms with Crippen LogP contribution < -0.4 is 19.9 Å². The third-order valence-corrected chi connectivity index (χ3v) is 5.91. The molecule has 3 aromatic carbocycles. The number of nitriles is 1. The normalized spacial score (nSPS) is 14.5. The van der Waals surface area contributed by atoms with E-state index in [9.17, 15) is 9.65 Å². The molecule has 0 unspecified atom stereocenters. The molecule has 3 N–H and O–H groups in total. The Labute approximate surface area is 207 Å². The molecular weight excluding hydrogens is 459 g/mol. The van der Waals surface area contributed by atoms with Gasteiger partial charge in [-0.3, -0.25) is 5.10 Å². The highest BCUT2D eigenvalue weighted by molar-refractivity contribution is 5.71. The highest BCUT2D eigenvalue weighted by atomic mass is 19.1. The SMILES string of the molecule is CCOc1cc([C@H]2C(C#N)=C(N)Oc3n[nH]c(-c4ccccc4)c32)ccc1OCc1ccc(F)cc1. The molecule has 4 aromatic rings. The minimum Gasteiger partial charge on any atom is -0.490 e. The molecule has 0 radical (unpaired) electrons. The first-order valence-corrected chi connectivity index (χ1v) is 11.4. The van der Waals surface area contributed by atoms with Crippen LogP contribution >= 0.6 is 0 Å². The van der Waals surface area contributed by atoms with Crippen molar-refractivity contribution in [1.82, 2.24) is 10.2 Å². The first kappa shape index (κ1) is 23.0. The van der Waals surface area contributed by atoms with Crippen molar-refractivity contribution in [3.63, 3.8) is 0 Å². The average molecular weight is 483 g/mol. The number of hydrogen-bond donors (Lipinski definition) is 2. The third-order valence-electron chi connectivity index (χ3n) is 5.91. The molecule has 0 fully saturated rings. The molecule has 8 heteroatoms. The number of allylic oxidation sites excluding steroid dienone is 1. The first-order chi connectivity index (χ1) is 17.6. The number of aromatic amines is 1. The van der Waals surface area contributed by atoms with Gasteiger partial charge in [0.25, 0.3) is 0 Å². The van der Waals surface area contributed by atoms with E-state index in [2.05, 4.69) is 16.3 Å². The van der Waals surface area contributed by atoms with Crippen LogP contribution in [0.2, 0.25) is 0 Å². The number of aromatic nitrogens is 2. The molecule has 36 heavy (non-hydrogen) atoms. The zero-order valence-electron chi connectivity index (χ0n) is 19.5. The summed E-state index contributed by atoms with van der Waals surface area (Å²) in [6, 6.07) is 23.5. The Balaban J connectivity index is 1.55. The quantitative estimate of drug-likeness (QED) is 0.365. The summed E-state index contributed by atoms with van der Waals surface area (Å²) in [5.74, 6) is 0.552. The number of H-pyrrole nitrogens is 1. The van der Waals surface area contributed by atoms with E-state index in [1.54, 1.807) is 18.2 Å². The van der Waals surface area contributed by atoms with Crippen LogP contribution in [-0.2, 0) is 6.61 Å². The summed E-state index contributed by atoms with van der Waals surface area (Å²) in [7, 11) is 0. The second-order valence-electron chi connectivity index (χ2n) is 8.16. The van der Waals surface area contributed by atoms with Crippen LogP contribution in [0, 0.1) is 17.1 Å². The number of nitrogens with two attached hydrogens (primary N) is 1. The summed E-state index contributed by atoms with van der Waals surface area (Å²) in [6.07, 6.45) is 0. The fourth-order valence-corrected chi connectivity index (χ4v) is 4.24. The molecule has 1 aliphatic heterocycles. The maximum atomic E-state index is 13.2. The van der Waals surface area contributed by atoms with Crippen LogP contribution in [0.5, 0.6) is 17.4 Å². The number of ether oxygens (including phenoxy) is 3. The lowest BCUT2D eigenvalue weighted by molar-refractivity contribution is 0.269. The van der Waals surface area contributed by atoms with E-state index >= 15 is 0 Å². The van der Waals surface area contributed by atoms with Gasteiger partial charge in [-0.25, -0.2) is 4.39 Å². The smallest absolute Gasteiger partial charge is 0.244 e. The largest absolute Gasteiger partial charge is 0.490 e. The molecule has 0 spiro atoms. The van der Waals surface area contributed by atoms with Gasteiger partial charge in [0.05, 0.1) is 23.8 Å². The van der Waals surface area contributed by atoms with Crippen LogP contribution in [0.3, 0.4) is 0 Å². The van der Waals surface area contributed by atoms with Gasteiger partial charge in [-0.1, -0.05) is 48.5 Å². The van der Waals surface area contributed by atoms with Gasteiger partial charge in [-0.05, 0) is 47.9 Å². The lowest BCUT2D eigenvalue weighted by Gasteiger charge is -2.25. The lowest BCUT2D eigenvalue weighted by Crippen LogP contribution is -2.21. The zero-order valence-corrected chi connectivity index (χ0v) is 19.5. The molecule has 1 aromatic heterocycles. The summed E-state index contributed by atoms with van der Waals surface area (Å²) in [6.45, 7) is 2.54. The van der Waals surface area contributed by atoms with Crippen LogP contribution in [0.25, 0.3) is 11.3 Å². The molecule has 0 amide bonds. The topological polar surface area (TPSA) is 106 Å². The summed E-state index contributed by atoms with van der Waals surface area (Å²) < 4.78 is 30.8. The fourth-order valence-electron chi connectivity index (χ4n) is 4.24. The van der Waals surface area contributed by atoms with E-state index in [1.807, 2.05) is 49.4 Å². The standard InChI is InChI=1S/C28H23FN4O3/c1-2-34-23-14-19(10-13-22(23)35-16-17-8-11-20(29)12-9-17)24-21(15-30)27(31)36-28-25(24)26(32-33-28)18-6-4-3-5-7-18/h3-14,24H,2,16,31H2,1H3,(H,32,33)/t24-/m0/s1. The molecule has 0 bridgehead atoms. The maximum Gasteiger partial charge on any atom is 0.244 e. The summed E-state index contributed by atoms with van der Waals surface area (Å²) in [4.78, 5) is 0. The molecular formula is C28H23FN4O3. The molecule has 7 nitrogen and oxygen atoms in total. The van der Waals surface area contributed by atoms with Crippen LogP contribution in [0.15, 0.2) is 84.3 Å². The van der Waals surface area contributed by atoms with Gasteiger partial charge in [0.1, 0.15) is 24.1 Å². The van der Waals surface area contributed by atoms with Gasteiger partial charge < -0.3 is 19.9 Å². The predicted molar refractivity (Wildman–Crippen MR) is 132 cm³/mol. The molecule has 0 aliphatic carbocycles. The van der Waals surface area contributed by atoms with Crippen molar-refractivity contribution in [2.45, 2.75) is 19.4 Å². The van der Waals surface area contributed by atoms with Crippen molar-refractivity contribution >= 4 is 0 Å². The van der Waals surface area contributed by atoms with Gasteiger partial charge in [0.2, 0.25) is 11.8 Å². The molecule has 0 saturated carbocycles. The second kappa shape index (κ2) is 9.84. The minimum absolute atomic E-state index is 0.00991. The number of benzene rings is 3. The number of rotatable bonds is 7. The number of fused-ring (bicyclic) bond motifs is 1. The van der Waals surface area contributed by atoms with Gasteiger partial charge in [-0.2, -0.15) is 5.26 Å². The lowest BCUT2D eigenvalue weighted by atomic mass is 9.83. The van der Waals surface area contributed by atoms with Crippen molar-refractivity contribution in [3.05, 3.63) is 107 Å². The maximum absolute atomic E-state index is 13.2.